The molecule has 0 fully saturated rings. The first-order chi connectivity index (χ1) is 6.24. The Bertz CT molecular complexity index is 278. The second-order valence-electron chi connectivity index (χ2n) is 2.59. The number of benzene rings is 1. The smallest absolute Gasteiger partial charge is 0.159 e. The molecule has 0 heterocycles. The molecule has 0 aliphatic carbocycles. The molecular weight excluding hydrogens is 176 g/mol. The topological polar surface area (TPSA) is 35.2 Å². The summed E-state index contributed by atoms with van der Waals surface area (Å²) in [5.41, 5.74) is 5.79. The van der Waals surface area contributed by atoms with E-state index in [1.54, 1.807) is 0 Å². The fourth-order valence-corrected chi connectivity index (χ4v) is 0.903. The van der Waals surface area contributed by atoms with Crippen molar-refractivity contribution in [2.45, 2.75) is 6.61 Å². The van der Waals surface area contributed by atoms with Crippen molar-refractivity contribution in [1.82, 2.24) is 0 Å². The molecule has 72 valence electrons. The van der Waals surface area contributed by atoms with Crippen molar-refractivity contribution < 1.29 is 13.5 Å². The molecule has 1 aromatic carbocycles. The van der Waals surface area contributed by atoms with Gasteiger partial charge in [0.05, 0.1) is 13.2 Å². The molecule has 2 N–H and O–H groups in total. The zero-order valence-corrected chi connectivity index (χ0v) is 7.09. The SMILES string of the molecule is NCCOCc1ccc(F)c(F)c1. The molecule has 0 radical (unpaired) electrons. The van der Waals surface area contributed by atoms with Gasteiger partial charge in [0.25, 0.3) is 0 Å². The first-order valence-corrected chi connectivity index (χ1v) is 3.96. The highest BCUT2D eigenvalue weighted by atomic mass is 19.2. The predicted molar refractivity (Wildman–Crippen MR) is 45.1 cm³/mol. The standard InChI is InChI=1S/C9H11F2NO/c10-8-2-1-7(5-9(8)11)6-13-4-3-12/h1-2,5H,3-4,6,12H2. The molecule has 0 spiro atoms. The van der Waals surface area contributed by atoms with Gasteiger partial charge in [0.1, 0.15) is 0 Å². The molecule has 0 bridgehead atoms. The Balaban J connectivity index is 2.53. The Morgan fingerprint density at radius 1 is 1.23 bits per heavy atom. The second-order valence-corrected chi connectivity index (χ2v) is 2.59. The van der Waals surface area contributed by atoms with E-state index >= 15 is 0 Å². The van der Waals surface area contributed by atoms with E-state index in [0.29, 0.717) is 18.7 Å². The third-order valence-electron chi connectivity index (χ3n) is 1.51. The van der Waals surface area contributed by atoms with Gasteiger partial charge in [-0.05, 0) is 17.7 Å². The van der Waals surface area contributed by atoms with E-state index in [0.717, 1.165) is 12.1 Å². The van der Waals surface area contributed by atoms with Crippen molar-refractivity contribution in [2.75, 3.05) is 13.2 Å². The number of nitrogens with two attached hydrogens (primary N) is 1. The molecule has 4 heteroatoms. The molecule has 0 aliphatic rings. The maximum absolute atomic E-state index is 12.6. The number of hydrogen-bond donors (Lipinski definition) is 1. The predicted octanol–water partition coefficient (Wildman–Crippen LogP) is 1.44. The van der Waals surface area contributed by atoms with Crippen molar-refractivity contribution in [3.63, 3.8) is 0 Å². The average molecular weight is 187 g/mol. The summed E-state index contributed by atoms with van der Waals surface area (Å²) in [5, 5.41) is 0. The van der Waals surface area contributed by atoms with Crippen LogP contribution in [0.5, 0.6) is 0 Å². The van der Waals surface area contributed by atoms with E-state index in [1.165, 1.54) is 6.07 Å². The zero-order valence-electron chi connectivity index (χ0n) is 7.09. The first-order valence-electron chi connectivity index (χ1n) is 3.96. The minimum Gasteiger partial charge on any atom is -0.375 e. The Kier molecular flexibility index (Phi) is 3.79. The Hall–Kier alpha value is -1.00. The van der Waals surface area contributed by atoms with E-state index in [1.807, 2.05) is 0 Å². The normalized spacial score (nSPS) is 10.4. The first kappa shape index (κ1) is 10.1. The lowest BCUT2D eigenvalue weighted by Gasteiger charge is -2.02. The summed E-state index contributed by atoms with van der Waals surface area (Å²) in [4.78, 5) is 0. The summed E-state index contributed by atoms with van der Waals surface area (Å²) in [7, 11) is 0. The molecule has 13 heavy (non-hydrogen) atoms. The van der Waals surface area contributed by atoms with Gasteiger partial charge in [-0.15, -0.1) is 0 Å². The van der Waals surface area contributed by atoms with Crippen LogP contribution in [0.1, 0.15) is 5.56 Å². The van der Waals surface area contributed by atoms with E-state index in [2.05, 4.69) is 0 Å². The van der Waals surface area contributed by atoms with Gasteiger partial charge in [0, 0.05) is 6.54 Å². The van der Waals surface area contributed by atoms with Crippen molar-refractivity contribution >= 4 is 0 Å². The van der Waals surface area contributed by atoms with Crippen LogP contribution in [-0.4, -0.2) is 13.2 Å². The Morgan fingerprint density at radius 3 is 2.62 bits per heavy atom. The van der Waals surface area contributed by atoms with Crippen LogP contribution in [0, 0.1) is 11.6 Å². The van der Waals surface area contributed by atoms with E-state index < -0.39 is 11.6 Å². The maximum Gasteiger partial charge on any atom is 0.159 e. The van der Waals surface area contributed by atoms with Crippen LogP contribution in [0.15, 0.2) is 18.2 Å². The van der Waals surface area contributed by atoms with Crippen molar-refractivity contribution in [1.29, 1.82) is 0 Å². The van der Waals surface area contributed by atoms with Gasteiger partial charge >= 0.3 is 0 Å². The van der Waals surface area contributed by atoms with Crippen LogP contribution in [0.4, 0.5) is 8.78 Å². The molecule has 0 unspecified atom stereocenters. The lowest BCUT2D eigenvalue weighted by Crippen LogP contribution is -2.08. The monoisotopic (exact) mass is 187 g/mol. The third-order valence-corrected chi connectivity index (χ3v) is 1.51. The van der Waals surface area contributed by atoms with E-state index in [-0.39, 0.29) is 6.61 Å². The number of hydrogen-bond acceptors (Lipinski definition) is 2. The summed E-state index contributed by atoms with van der Waals surface area (Å²) >= 11 is 0. The summed E-state index contributed by atoms with van der Waals surface area (Å²) < 4.78 is 30.1. The largest absolute Gasteiger partial charge is 0.375 e. The van der Waals surface area contributed by atoms with Gasteiger partial charge < -0.3 is 10.5 Å². The van der Waals surface area contributed by atoms with E-state index in [4.69, 9.17) is 10.5 Å². The molecule has 1 rings (SSSR count). The fourth-order valence-electron chi connectivity index (χ4n) is 0.903. The molecule has 0 amide bonds. The molecule has 0 atom stereocenters. The molecular formula is C9H11F2NO. The molecule has 2 nitrogen and oxygen atoms in total. The molecule has 0 aromatic heterocycles. The van der Waals surface area contributed by atoms with Gasteiger partial charge in [-0.3, -0.25) is 0 Å². The van der Waals surface area contributed by atoms with Gasteiger partial charge in [-0.1, -0.05) is 6.07 Å². The van der Waals surface area contributed by atoms with Crippen LogP contribution in [0.3, 0.4) is 0 Å². The molecule has 0 saturated heterocycles. The van der Waals surface area contributed by atoms with Crippen molar-refractivity contribution in [3.05, 3.63) is 35.4 Å². The highest BCUT2D eigenvalue weighted by Gasteiger charge is 2.01. The lowest BCUT2D eigenvalue weighted by molar-refractivity contribution is 0.128. The van der Waals surface area contributed by atoms with Gasteiger partial charge in [0.15, 0.2) is 11.6 Å². The fraction of sp³-hybridized carbons (Fsp3) is 0.333. The van der Waals surface area contributed by atoms with Gasteiger partial charge in [-0.25, -0.2) is 8.78 Å². The Labute approximate surface area is 75.3 Å². The third kappa shape index (κ3) is 3.08. The summed E-state index contributed by atoms with van der Waals surface area (Å²) in [6.07, 6.45) is 0. The summed E-state index contributed by atoms with van der Waals surface area (Å²) in [5.74, 6) is -1.70. The van der Waals surface area contributed by atoms with Crippen molar-refractivity contribution in [2.24, 2.45) is 5.73 Å². The number of ether oxygens (including phenoxy) is 1. The number of halogens is 2. The van der Waals surface area contributed by atoms with Crippen molar-refractivity contribution in [3.8, 4) is 0 Å². The summed E-state index contributed by atoms with van der Waals surface area (Å²) in [6, 6.07) is 3.68. The molecule has 1 aromatic rings. The lowest BCUT2D eigenvalue weighted by atomic mass is 10.2. The van der Waals surface area contributed by atoms with Crippen LogP contribution in [-0.2, 0) is 11.3 Å². The minimum absolute atomic E-state index is 0.258. The van der Waals surface area contributed by atoms with Crippen LogP contribution >= 0.6 is 0 Å². The second kappa shape index (κ2) is 4.89. The number of rotatable bonds is 4. The Morgan fingerprint density at radius 2 is 2.00 bits per heavy atom. The molecule has 0 saturated carbocycles. The maximum atomic E-state index is 12.6. The highest BCUT2D eigenvalue weighted by molar-refractivity contribution is 5.16. The van der Waals surface area contributed by atoms with Gasteiger partial charge in [0.2, 0.25) is 0 Å². The zero-order chi connectivity index (χ0) is 9.68. The molecule has 0 aliphatic heterocycles. The highest BCUT2D eigenvalue weighted by Crippen LogP contribution is 2.09. The average Bonchev–Trinajstić information content (AvgIpc) is 2.12. The van der Waals surface area contributed by atoms with E-state index in [9.17, 15) is 8.78 Å². The van der Waals surface area contributed by atoms with Crippen LogP contribution in [0.2, 0.25) is 0 Å². The minimum atomic E-state index is -0.853. The van der Waals surface area contributed by atoms with Crippen LogP contribution in [0.25, 0.3) is 0 Å². The van der Waals surface area contributed by atoms with Gasteiger partial charge in [-0.2, -0.15) is 0 Å². The van der Waals surface area contributed by atoms with Crippen LogP contribution < -0.4 is 5.73 Å². The quantitative estimate of drug-likeness (QED) is 0.724. The summed E-state index contributed by atoms with van der Waals surface area (Å²) in [6.45, 7) is 1.09.